The summed E-state index contributed by atoms with van der Waals surface area (Å²) in [5.74, 6) is -0.671. The van der Waals surface area contributed by atoms with Crippen molar-refractivity contribution in [2.75, 3.05) is 0 Å². The second-order valence-electron chi connectivity index (χ2n) is 5.72. The third kappa shape index (κ3) is 9.89. The maximum absolute atomic E-state index is 10.3. The summed E-state index contributed by atoms with van der Waals surface area (Å²) in [4.78, 5) is 10.3. The van der Waals surface area contributed by atoms with Gasteiger partial charge < -0.3 is 5.11 Å². The van der Waals surface area contributed by atoms with Gasteiger partial charge in [0.1, 0.15) is 0 Å². The predicted octanol–water partition coefficient (Wildman–Crippen LogP) is 5.60. The zero-order valence-electron chi connectivity index (χ0n) is 13.2. The Labute approximate surface area is 128 Å². The summed E-state index contributed by atoms with van der Waals surface area (Å²) in [6.07, 6.45) is 14.0. The largest absolute Gasteiger partial charge is 0.481 e. The second kappa shape index (κ2) is 11.1. The van der Waals surface area contributed by atoms with Gasteiger partial charge in [0.05, 0.1) is 0 Å². The van der Waals surface area contributed by atoms with Crippen molar-refractivity contribution in [2.24, 2.45) is 0 Å². The van der Waals surface area contributed by atoms with Crippen molar-refractivity contribution in [3.63, 3.8) is 0 Å². The predicted molar refractivity (Wildman–Crippen MR) is 89.4 cm³/mol. The van der Waals surface area contributed by atoms with Gasteiger partial charge in [-0.3, -0.25) is 4.79 Å². The Morgan fingerprint density at radius 2 is 1.52 bits per heavy atom. The molecule has 0 saturated heterocycles. The zero-order chi connectivity index (χ0) is 15.3. The van der Waals surface area contributed by atoms with Gasteiger partial charge in [0.2, 0.25) is 0 Å². The third-order valence-electron chi connectivity index (χ3n) is 3.65. The standard InChI is InChI=1S/C19H28O2/c1-17-13-15-18(16-14-17)11-9-7-5-3-2-4-6-8-10-12-19(20)21/h9,11,13-16H,2-8,10,12H2,1H3,(H,20,21)/b11-9+. The Balaban J connectivity index is 1.92. The van der Waals surface area contributed by atoms with Gasteiger partial charge in [-0.1, -0.05) is 74.1 Å². The van der Waals surface area contributed by atoms with Crippen LogP contribution in [0.25, 0.3) is 6.08 Å². The molecule has 0 aromatic heterocycles. The molecule has 2 heteroatoms. The van der Waals surface area contributed by atoms with E-state index in [0.717, 1.165) is 19.3 Å². The van der Waals surface area contributed by atoms with Crippen LogP contribution in [0.5, 0.6) is 0 Å². The second-order valence-corrected chi connectivity index (χ2v) is 5.72. The summed E-state index contributed by atoms with van der Waals surface area (Å²) in [5, 5.41) is 8.53. The van der Waals surface area contributed by atoms with Crippen LogP contribution in [0.1, 0.15) is 68.9 Å². The Hall–Kier alpha value is -1.57. The van der Waals surface area contributed by atoms with Gasteiger partial charge in [-0.05, 0) is 31.7 Å². The minimum Gasteiger partial charge on any atom is -0.481 e. The first-order chi connectivity index (χ1) is 10.2. The van der Waals surface area contributed by atoms with Crippen LogP contribution in [0.4, 0.5) is 0 Å². The first kappa shape index (κ1) is 17.5. The van der Waals surface area contributed by atoms with E-state index >= 15 is 0 Å². The molecule has 0 atom stereocenters. The van der Waals surface area contributed by atoms with Gasteiger partial charge in [-0.25, -0.2) is 0 Å². The molecule has 1 aromatic rings. The Morgan fingerprint density at radius 3 is 2.14 bits per heavy atom. The van der Waals surface area contributed by atoms with Crippen molar-refractivity contribution in [1.82, 2.24) is 0 Å². The van der Waals surface area contributed by atoms with Crippen molar-refractivity contribution in [3.8, 4) is 0 Å². The van der Waals surface area contributed by atoms with E-state index in [1.54, 1.807) is 0 Å². The quantitative estimate of drug-likeness (QED) is 0.538. The molecule has 0 bridgehead atoms. The lowest BCUT2D eigenvalue weighted by atomic mass is 10.1. The first-order valence-electron chi connectivity index (χ1n) is 8.13. The molecule has 1 N–H and O–H groups in total. The molecule has 0 aliphatic carbocycles. The average Bonchev–Trinajstić information content (AvgIpc) is 2.46. The van der Waals surface area contributed by atoms with E-state index in [1.165, 1.54) is 43.2 Å². The maximum Gasteiger partial charge on any atom is 0.303 e. The number of benzene rings is 1. The van der Waals surface area contributed by atoms with Crippen LogP contribution < -0.4 is 0 Å². The molecule has 116 valence electrons. The average molecular weight is 288 g/mol. The number of allylic oxidation sites excluding steroid dienone is 1. The number of unbranched alkanes of at least 4 members (excludes halogenated alkanes) is 7. The van der Waals surface area contributed by atoms with E-state index in [1.807, 2.05) is 0 Å². The van der Waals surface area contributed by atoms with Gasteiger partial charge >= 0.3 is 5.97 Å². The molecular formula is C19H28O2. The lowest BCUT2D eigenvalue weighted by molar-refractivity contribution is -0.137. The number of hydrogen-bond donors (Lipinski definition) is 1. The molecule has 0 saturated carbocycles. The van der Waals surface area contributed by atoms with Crippen molar-refractivity contribution in [3.05, 3.63) is 41.5 Å². The normalized spacial score (nSPS) is 11.1. The molecule has 0 aliphatic rings. The van der Waals surface area contributed by atoms with Crippen molar-refractivity contribution < 1.29 is 9.90 Å². The molecule has 0 unspecified atom stereocenters. The van der Waals surface area contributed by atoms with Crippen molar-refractivity contribution in [2.45, 2.75) is 64.7 Å². The van der Waals surface area contributed by atoms with Crippen molar-refractivity contribution in [1.29, 1.82) is 0 Å². The molecule has 2 nitrogen and oxygen atoms in total. The van der Waals surface area contributed by atoms with Crippen LogP contribution in [0.3, 0.4) is 0 Å². The number of aliphatic carboxylic acids is 1. The first-order valence-corrected chi connectivity index (χ1v) is 8.13. The highest BCUT2D eigenvalue weighted by Crippen LogP contribution is 2.11. The highest BCUT2D eigenvalue weighted by molar-refractivity contribution is 5.66. The number of hydrogen-bond acceptors (Lipinski definition) is 1. The fraction of sp³-hybridized carbons (Fsp3) is 0.526. The molecule has 1 rings (SSSR count). The lowest BCUT2D eigenvalue weighted by Crippen LogP contribution is -1.93. The smallest absolute Gasteiger partial charge is 0.303 e. The lowest BCUT2D eigenvalue weighted by Gasteiger charge is -2.00. The SMILES string of the molecule is Cc1ccc(/C=C/CCCCCCCCCC(=O)O)cc1. The molecular weight excluding hydrogens is 260 g/mol. The molecule has 0 amide bonds. The Bertz CT molecular complexity index is 418. The van der Waals surface area contributed by atoms with Gasteiger partial charge in [0, 0.05) is 6.42 Å². The minimum absolute atomic E-state index is 0.323. The van der Waals surface area contributed by atoms with Crippen LogP contribution in [0, 0.1) is 6.92 Å². The van der Waals surface area contributed by atoms with Crippen LogP contribution in [0.2, 0.25) is 0 Å². The van der Waals surface area contributed by atoms with Gasteiger partial charge in [0.25, 0.3) is 0 Å². The summed E-state index contributed by atoms with van der Waals surface area (Å²) in [5.41, 5.74) is 2.58. The summed E-state index contributed by atoms with van der Waals surface area (Å²) in [7, 11) is 0. The summed E-state index contributed by atoms with van der Waals surface area (Å²) < 4.78 is 0. The van der Waals surface area contributed by atoms with Crippen LogP contribution in [0.15, 0.2) is 30.3 Å². The number of aryl methyl sites for hydroxylation is 1. The molecule has 0 radical (unpaired) electrons. The Kier molecular flexibility index (Phi) is 9.26. The van der Waals surface area contributed by atoms with E-state index in [0.29, 0.717) is 6.42 Å². The fourth-order valence-electron chi connectivity index (χ4n) is 2.32. The van der Waals surface area contributed by atoms with E-state index < -0.39 is 5.97 Å². The van der Waals surface area contributed by atoms with E-state index in [4.69, 9.17) is 5.11 Å². The van der Waals surface area contributed by atoms with E-state index in [9.17, 15) is 4.79 Å². The monoisotopic (exact) mass is 288 g/mol. The number of carboxylic acids is 1. The number of rotatable bonds is 11. The topological polar surface area (TPSA) is 37.3 Å². The maximum atomic E-state index is 10.3. The summed E-state index contributed by atoms with van der Waals surface area (Å²) in [6, 6.07) is 8.60. The molecule has 0 aliphatic heterocycles. The highest BCUT2D eigenvalue weighted by Gasteiger charge is 1.96. The number of carbonyl (C=O) groups is 1. The van der Waals surface area contributed by atoms with Gasteiger partial charge in [0.15, 0.2) is 0 Å². The van der Waals surface area contributed by atoms with E-state index in [-0.39, 0.29) is 0 Å². The van der Waals surface area contributed by atoms with Crippen LogP contribution in [-0.4, -0.2) is 11.1 Å². The molecule has 0 fully saturated rings. The van der Waals surface area contributed by atoms with Crippen LogP contribution in [-0.2, 0) is 4.79 Å². The van der Waals surface area contributed by atoms with E-state index in [2.05, 4.69) is 43.3 Å². The summed E-state index contributed by atoms with van der Waals surface area (Å²) in [6.45, 7) is 2.11. The van der Waals surface area contributed by atoms with Crippen molar-refractivity contribution >= 4 is 12.0 Å². The molecule has 0 heterocycles. The Morgan fingerprint density at radius 1 is 0.952 bits per heavy atom. The number of carboxylic acid groups (broad SMARTS) is 1. The van der Waals surface area contributed by atoms with Crippen LogP contribution >= 0.6 is 0 Å². The molecule has 0 spiro atoms. The molecule has 1 aromatic carbocycles. The minimum atomic E-state index is -0.671. The van der Waals surface area contributed by atoms with Gasteiger partial charge in [-0.15, -0.1) is 0 Å². The zero-order valence-corrected chi connectivity index (χ0v) is 13.2. The van der Waals surface area contributed by atoms with Gasteiger partial charge in [-0.2, -0.15) is 0 Å². The molecule has 21 heavy (non-hydrogen) atoms. The third-order valence-corrected chi connectivity index (χ3v) is 3.65. The summed E-state index contributed by atoms with van der Waals surface area (Å²) >= 11 is 0. The highest BCUT2D eigenvalue weighted by atomic mass is 16.4. The fourth-order valence-corrected chi connectivity index (χ4v) is 2.32.